The maximum absolute atomic E-state index is 12.3. The molecule has 0 saturated carbocycles. The Morgan fingerprint density at radius 1 is 1.43 bits per heavy atom. The van der Waals surface area contributed by atoms with Crippen molar-refractivity contribution in [2.24, 2.45) is 11.8 Å². The number of para-hydroxylation sites is 2. The van der Waals surface area contributed by atoms with Gasteiger partial charge in [0, 0.05) is 6.42 Å². The highest BCUT2D eigenvalue weighted by atomic mass is 35.5. The highest BCUT2D eigenvalue weighted by Gasteiger charge is 2.22. The van der Waals surface area contributed by atoms with E-state index < -0.39 is 0 Å². The van der Waals surface area contributed by atoms with Gasteiger partial charge in [-0.1, -0.05) is 26.0 Å². The van der Waals surface area contributed by atoms with Crippen molar-refractivity contribution >= 4 is 24.0 Å². The summed E-state index contributed by atoms with van der Waals surface area (Å²) in [6, 6.07) is 7.65. The molecular formula is C18H29ClN2O2. The summed E-state index contributed by atoms with van der Waals surface area (Å²) in [4.78, 5) is 12.3. The van der Waals surface area contributed by atoms with Crippen molar-refractivity contribution in [1.82, 2.24) is 5.32 Å². The Balaban J connectivity index is 0.00000264. The second kappa shape index (κ2) is 10.5. The molecule has 0 spiro atoms. The number of carbonyl (C=O) groups is 1. The quantitative estimate of drug-likeness (QED) is 0.792. The average molecular weight is 341 g/mol. The van der Waals surface area contributed by atoms with E-state index in [1.807, 2.05) is 24.3 Å². The van der Waals surface area contributed by atoms with Gasteiger partial charge in [0.05, 0.1) is 12.3 Å². The third-order valence-electron chi connectivity index (χ3n) is 4.27. The molecule has 1 amide bonds. The number of halogens is 1. The molecule has 130 valence electrons. The van der Waals surface area contributed by atoms with Crippen LogP contribution in [0, 0.1) is 11.8 Å². The predicted molar refractivity (Wildman–Crippen MR) is 97.5 cm³/mol. The zero-order valence-electron chi connectivity index (χ0n) is 14.1. The molecule has 1 heterocycles. The van der Waals surface area contributed by atoms with Crippen molar-refractivity contribution < 1.29 is 9.53 Å². The maximum atomic E-state index is 12.3. The number of amides is 1. The van der Waals surface area contributed by atoms with Crippen LogP contribution in [0.1, 0.15) is 39.5 Å². The molecule has 1 aromatic rings. The Labute approximate surface area is 145 Å². The van der Waals surface area contributed by atoms with E-state index >= 15 is 0 Å². The van der Waals surface area contributed by atoms with Crippen LogP contribution in [-0.4, -0.2) is 25.6 Å². The summed E-state index contributed by atoms with van der Waals surface area (Å²) in [5.74, 6) is 1.83. The monoisotopic (exact) mass is 340 g/mol. The van der Waals surface area contributed by atoms with Crippen LogP contribution in [0.5, 0.6) is 5.75 Å². The highest BCUT2D eigenvalue weighted by Crippen LogP contribution is 2.26. The molecule has 4 nitrogen and oxygen atoms in total. The summed E-state index contributed by atoms with van der Waals surface area (Å²) in [6.07, 6.45) is 3.95. The Kier molecular flexibility index (Phi) is 9.03. The van der Waals surface area contributed by atoms with Gasteiger partial charge >= 0.3 is 0 Å². The van der Waals surface area contributed by atoms with E-state index in [0.29, 0.717) is 24.9 Å². The zero-order chi connectivity index (χ0) is 15.8. The van der Waals surface area contributed by atoms with Crippen molar-refractivity contribution in [2.75, 3.05) is 25.0 Å². The molecule has 2 atom stereocenters. The number of rotatable bonds is 7. The fourth-order valence-electron chi connectivity index (χ4n) is 2.93. The van der Waals surface area contributed by atoms with E-state index in [1.54, 1.807) is 0 Å². The largest absolute Gasteiger partial charge is 0.491 e. The van der Waals surface area contributed by atoms with E-state index in [1.165, 1.54) is 12.8 Å². The van der Waals surface area contributed by atoms with Crippen LogP contribution in [0.3, 0.4) is 0 Å². The lowest BCUT2D eigenvalue weighted by Crippen LogP contribution is -2.34. The van der Waals surface area contributed by atoms with Gasteiger partial charge in [-0.15, -0.1) is 12.4 Å². The van der Waals surface area contributed by atoms with Gasteiger partial charge in [-0.25, -0.2) is 0 Å². The molecule has 2 N–H and O–H groups in total. The minimum Gasteiger partial charge on any atom is -0.491 e. The van der Waals surface area contributed by atoms with Crippen LogP contribution in [0.15, 0.2) is 24.3 Å². The van der Waals surface area contributed by atoms with Crippen molar-refractivity contribution in [2.45, 2.75) is 39.5 Å². The first kappa shape index (κ1) is 19.8. The minimum absolute atomic E-state index is 0. The highest BCUT2D eigenvalue weighted by molar-refractivity contribution is 5.92. The number of benzene rings is 1. The van der Waals surface area contributed by atoms with Gasteiger partial charge in [0.1, 0.15) is 5.75 Å². The van der Waals surface area contributed by atoms with Gasteiger partial charge in [-0.05, 0) is 56.3 Å². The molecule has 0 bridgehead atoms. The molecule has 5 heteroatoms. The van der Waals surface area contributed by atoms with Gasteiger partial charge < -0.3 is 15.4 Å². The lowest BCUT2D eigenvalue weighted by molar-refractivity contribution is -0.117. The minimum atomic E-state index is 0. The smallest absolute Gasteiger partial charge is 0.224 e. The molecule has 1 saturated heterocycles. The van der Waals surface area contributed by atoms with Gasteiger partial charge in [0.25, 0.3) is 0 Å². The van der Waals surface area contributed by atoms with Gasteiger partial charge in [0.15, 0.2) is 0 Å². The summed E-state index contributed by atoms with van der Waals surface area (Å²) in [5.41, 5.74) is 0.773. The molecular weight excluding hydrogens is 312 g/mol. The van der Waals surface area contributed by atoms with Crippen molar-refractivity contribution in [3.8, 4) is 5.75 Å². The van der Waals surface area contributed by atoms with E-state index in [-0.39, 0.29) is 18.3 Å². The Morgan fingerprint density at radius 2 is 2.22 bits per heavy atom. The maximum Gasteiger partial charge on any atom is 0.224 e. The molecule has 1 aliphatic heterocycles. The number of hydrogen-bond acceptors (Lipinski definition) is 3. The average Bonchev–Trinajstić information content (AvgIpc) is 2.54. The van der Waals surface area contributed by atoms with E-state index in [9.17, 15) is 4.79 Å². The molecule has 1 aliphatic rings. The molecule has 0 radical (unpaired) electrons. The summed E-state index contributed by atoms with van der Waals surface area (Å²) >= 11 is 0. The van der Waals surface area contributed by atoms with Crippen LogP contribution in [-0.2, 0) is 4.79 Å². The summed E-state index contributed by atoms with van der Waals surface area (Å²) in [5, 5.41) is 6.42. The zero-order valence-corrected chi connectivity index (χ0v) is 15.0. The van der Waals surface area contributed by atoms with Crippen LogP contribution in [0.2, 0.25) is 0 Å². The first-order chi connectivity index (χ1) is 10.7. The van der Waals surface area contributed by atoms with Gasteiger partial charge in [0.2, 0.25) is 5.91 Å². The normalized spacial score (nSPS) is 18.6. The Hall–Kier alpha value is -1.26. The summed E-state index contributed by atoms with van der Waals surface area (Å²) in [7, 11) is 0. The molecule has 1 fully saturated rings. The summed E-state index contributed by atoms with van der Waals surface area (Å²) in [6.45, 7) is 7.05. The van der Waals surface area contributed by atoms with Crippen LogP contribution < -0.4 is 15.4 Å². The first-order valence-corrected chi connectivity index (χ1v) is 8.43. The number of anilines is 1. The number of piperidine rings is 1. The van der Waals surface area contributed by atoms with Crippen LogP contribution in [0.4, 0.5) is 5.69 Å². The van der Waals surface area contributed by atoms with Gasteiger partial charge in [-0.3, -0.25) is 4.79 Å². The fourth-order valence-corrected chi connectivity index (χ4v) is 2.93. The standard InChI is InChI=1S/C18H28N2O2.ClH/c1-3-11-22-17-9-5-4-8-16(17)20-18(21)12-14(2)15-7-6-10-19-13-15;/h4-5,8-9,14-15,19H,3,6-7,10-13H2,1-2H3,(H,20,21);1H. The molecule has 23 heavy (non-hydrogen) atoms. The Bertz CT molecular complexity index is 476. The van der Waals surface area contributed by atoms with E-state index in [0.717, 1.165) is 30.9 Å². The topological polar surface area (TPSA) is 50.4 Å². The molecule has 0 aliphatic carbocycles. The Morgan fingerprint density at radius 3 is 2.91 bits per heavy atom. The van der Waals surface area contributed by atoms with Crippen molar-refractivity contribution in [1.29, 1.82) is 0 Å². The van der Waals surface area contributed by atoms with Gasteiger partial charge in [-0.2, -0.15) is 0 Å². The van der Waals surface area contributed by atoms with E-state index in [4.69, 9.17) is 4.74 Å². The van der Waals surface area contributed by atoms with Crippen LogP contribution >= 0.6 is 12.4 Å². The summed E-state index contributed by atoms with van der Waals surface area (Å²) < 4.78 is 5.68. The third kappa shape index (κ3) is 6.40. The van der Waals surface area contributed by atoms with Crippen LogP contribution in [0.25, 0.3) is 0 Å². The molecule has 2 unspecified atom stereocenters. The third-order valence-corrected chi connectivity index (χ3v) is 4.27. The second-order valence-corrected chi connectivity index (χ2v) is 6.18. The lowest BCUT2D eigenvalue weighted by atomic mass is 9.85. The molecule has 2 rings (SSSR count). The van der Waals surface area contributed by atoms with E-state index in [2.05, 4.69) is 24.5 Å². The molecule has 1 aromatic carbocycles. The SMILES string of the molecule is CCCOc1ccccc1NC(=O)CC(C)C1CCCNC1.Cl. The number of ether oxygens (including phenoxy) is 1. The predicted octanol–water partition coefficient (Wildman–Crippen LogP) is 3.86. The van der Waals surface area contributed by atoms with Crippen molar-refractivity contribution in [3.05, 3.63) is 24.3 Å². The first-order valence-electron chi connectivity index (χ1n) is 8.43. The number of hydrogen-bond donors (Lipinski definition) is 2. The number of nitrogens with one attached hydrogen (secondary N) is 2. The number of carbonyl (C=O) groups excluding carboxylic acids is 1. The second-order valence-electron chi connectivity index (χ2n) is 6.18. The molecule has 0 aromatic heterocycles. The fraction of sp³-hybridized carbons (Fsp3) is 0.611. The van der Waals surface area contributed by atoms with Crippen molar-refractivity contribution in [3.63, 3.8) is 0 Å². The lowest BCUT2D eigenvalue weighted by Gasteiger charge is -2.28.